The zero-order valence-corrected chi connectivity index (χ0v) is 21.1. The fourth-order valence-electron chi connectivity index (χ4n) is 4.84. The van der Waals surface area contributed by atoms with Crippen molar-refractivity contribution < 1.29 is 27.9 Å². The summed E-state index contributed by atoms with van der Waals surface area (Å²) in [5.74, 6) is -0.0165. The molecule has 2 aliphatic rings. The first-order valence-electron chi connectivity index (χ1n) is 12.8. The number of nitrogens with one attached hydrogen (secondary N) is 3. The van der Waals surface area contributed by atoms with E-state index in [4.69, 9.17) is 5.41 Å². The fraction of sp³-hybridized carbons (Fsp3) is 0.519. The van der Waals surface area contributed by atoms with E-state index in [1.807, 2.05) is 0 Å². The molecule has 1 aromatic carbocycles. The third-order valence-electron chi connectivity index (χ3n) is 7.25. The Balaban J connectivity index is 1.20. The van der Waals surface area contributed by atoms with E-state index in [0.29, 0.717) is 49.3 Å². The maximum Gasteiger partial charge on any atom is 0.416 e. The van der Waals surface area contributed by atoms with E-state index in [-0.39, 0.29) is 17.5 Å². The molecule has 4 N–H and O–H groups in total. The van der Waals surface area contributed by atoms with Gasteiger partial charge in [0.1, 0.15) is 5.82 Å². The number of alkyl halides is 3. The van der Waals surface area contributed by atoms with E-state index in [1.54, 1.807) is 19.3 Å². The lowest BCUT2D eigenvalue weighted by Crippen LogP contribution is -2.42. The van der Waals surface area contributed by atoms with Crippen LogP contribution in [-0.2, 0) is 16.6 Å². The molecule has 2 fully saturated rings. The molecule has 2 aliphatic carbocycles. The normalized spacial score (nSPS) is 22.4. The lowest BCUT2D eigenvalue weighted by Gasteiger charge is -2.36. The Morgan fingerprint density at radius 2 is 1.82 bits per heavy atom. The second-order valence-electron chi connectivity index (χ2n) is 10.4. The minimum Gasteiger partial charge on any atom is -0.385 e. The van der Waals surface area contributed by atoms with Crippen LogP contribution in [0.25, 0.3) is 0 Å². The van der Waals surface area contributed by atoms with Crippen LogP contribution in [-0.4, -0.2) is 45.2 Å². The van der Waals surface area contributed by atoms with Gasteiger partial charge in [-0.25, -0.2) is 9.97 Å². The molecule has 11 heteroatoms. The zero-order valence-electron chi connectivity index (χ0n) is 21.1. The third kappa shape index (κ3) is 6.94. The molecular weight excluding hydrogens is 499 g/mol. The average Bonchev–Trinajstić information content (AvgIpc) is 3.73. The van der Waals surface area contributed by atoms with Crippen molar-refractivity contribution in [2.75, 3.05) is 6.54 Å². The molecule has 0 unspecified atom stereocenters. The van der Waals surface area contributed by atoms with Crippen LogP contribution in [0.15, 0.2) is 36.7 Å². The number of halogens is 3. The summed E-state index contributed by atoms with van der Waals surface area (Å²) in [5, 5.41) is 24.7. The van der Waals surface area contributed by atoms with E-state index in [2.05, 4.69) is 20.6 Å². The summed E-state index contributed by atoms with van der Waals surface area (Å²) in [6.07, 6.45) is 3.66. The second-order valence-corrected chi connectivity index (χ2v) is 10.4. The minimum absolute atomic E-state index is 0.0121. The number of hydrogen-bond acceptors (Lipinski definition) is 6. The van der Waals surface area contributed by atoms with Crippen molar-refractivity contribution in [1.29, 1.82) is 5.41 Å². The molecule has 1 atom stereocenters. The fourth-order valence-corrected chi connectivity index (χ4v) is 4.84. The number of amides is 2. The van der Waals surface area contributed by atoms with Gasteiger partial charge < -0.3 is 21.1 Å². The van der Waals surface area contributed by atoms with Gasteiger partial charge in [-0.2, -0.15) is 13.2 Å². The van der Waals surface area contributed by atoms with Gasteiger partial charge in [-0.1, -0.05) is 6.07 Å². The molecule has 2 aromatic rings. The lowest BCUT2D eigenvalue weighted by molar-refractivity contribution is -0.137. The summed E-state index contributed by atoms with van der Waals surface area (Å²) < 4.78 is 38.6. The molecule has 1 heterocycles. The lowest BCUT2D eigenvalue weighted by atomic mass is 9.73. The summed E-state index contributed by atoms with van der Waals surface area (Å²) in [6.45, 7) is 1.35. The Kier molecular flexibility index (Phi) is 8.15. The number of rotatable bonds is 9. The molecule has 2 saturated carbocycles. The van der Waals surface area contributed by atoms with Gasteiger partial charge in [0.05, 0.1) is 17.7 Å². The Morgan fingerprint density at radius 3 is 2.42 bits per heavy atom. The number of benzene rings is 1. The Bertz CT molecular complexity index is 1170. The van der Waals surface area contributed by atoms with Crippen molar-refractivity contribution in [3.8, 4) is 0 Å². The van der Waals surface area contributed by atoms with Crippen LogP contribution in [0.1, 0.15) is 85.1 Å². The molecule has 0 bridgehead atoms. The Morgan fingerprint density at radius 1 is 1.16 bits per heavy atom. The summed E-state index contributed by atoms with van der Waals surface area (Å²) in [4.78, 5) is 33.3. The van der Waals surface area contributed by atoms with Crippen molar-refractivity contribution in [3.05, 3.63) is 59.2 Å². The van der Waals surface area contributed by atoms with E-state index < -0.39 is 35.7 Å². The zero-order chi connectivity index (χ0) is 27.5. The van der Waals surface area contributed by atoms with E-state index in [9.17, 15) is 27.9 Å². The maximum atomic E-state index is 12.9. The van der Waals surface area contributed by atoms with Crippen LogP contribution >= 0.6 is 0 Å². The van der Waals surface area contributed by atoms with Crippen LogP contribution in [0.4, 0.5) is 13.2 Å². The van der Waals surface area contributed by atoms with Gasteiger partial charge in [-0.3, -0.25) is 9.59 Å². The minimum atomic E-state index is -4.57. The first-order valence-corrected chi connectivity index (χ1v) is 12.8. The summed E-state index contributed by atoms with van der Waals surface area (Å²) >= 11 is 0. The predicted octanol–water partition coefficient (Wildman–Crippen LogP) is 4.10. The quantitative estimate of drug-likeness (QED) is 0.363. The highest BCUT2D eigenvalue weighted by Gasteiger charge is 2.37. The number of aliphatic hydroxyl groups is 1. The number of hydrogen-bond donors (Lipinski definition) is 4. The van der Waals surface area contributed by atoms with Crippen molar-refractivity contribution in [2.24, 2.45) is 5.92 Å². The highest BCUT2D eigenvalue weighted by molar-refractivity contribution is 5.96. The average molecular weight is 532 g/mol. The summed E-state index contributed by atoms with van der Waals surface area (Å²) in [7, 11) is 0. The molecule has 2 amide bonds. The molecule has 0 aliphatic heterocycles. The van der Waals surface area contributed by atoms with Gasteiger partial charge in [0.15, 0.2) is 0 Å². The first kappa shape index (κ1) is 27.7. The molecule has 8 nitrogen and oxygen atoms in total. The molecular formula is C27H32F3N5O3. The number of carbonyl (C=O) groups is 2. The monoisotopic (exact) mass is 531 g/mol. The van der Waals surface area contributed by atoms with Crippen molar-refractivity contribution in [2.45, 2.75) is 75.6 Å². The third-order valence-corrected chi connectivity index (χ3v) is 7.25. The van der Waals surface area contributed by atoms with Crippen LogP contribution in [0.2, 0.25) is 0 Å². The summed E-state index contributed by atoms with van der Waals surface area (Å²) in [5.41, 5.74) is -0.947. The predicted molar refractivity (Wildman–Crippen MR) is 134 cm³/mol. The Hall–Kier alpha value is -3.34. The molecule has 0 radical (unpaired) electrons. The Labute approximate surface area is 219 Å². The van der Waals surface area contributed by atoms with Gasteiger partial charge in [0.2, 0.25) is 5.91 Å². The van der Waals surface area contributed by atoms with Crippen LogP contribution in [0.5, 0.6) is 0 Å². The van der Waals surface area contributed by atoms with E-state index in [0.717, 1.165) is 36.9 Å². The van der Waals surface area contributed by atoms with E-state index >= 15 is 0 Å². The largest absolute Gasteiger partial charge is 0.416 e. The van der Waals surface area contributed by atoms with Gasteiger partial charge in [0, 0.05) is 47.6 Å². The van der Waals surface area contributed by atoms with Crippen molar-refractivity contribution in [1.82, 2.24) is 20.6 Å². The van der Waals surface area contributed by atoms with Gasteiger partial charge >= 0.3 is 6.18 Å². The molecule has 38 heavy (non-hydrogen) atoms. The SMILES string of the molecule is C[C@H](CC(=N)C1CCC(O)(c2cnc(C3CC3)nc2)CC1)NC(=O)CNC(=O)c1cccc(C(F)(F)F)c1. The standard InChI is InChI=1S/C27H32F3N5O3/c1-16(35-23(36)15-34-25(37)19-3-2-4-20(12-19)27(28,29)30)11-22(31)17-7-9-26(38,10-8-17)21-13-32-24(33-14-21)18-5-6-18/h2-4,12-14,16-18,31,38H,5-11,15H2,1H3,(H,34,37)(H,35,36)/t16-,17?,26?/m1/s1. The van der Waals surface area contributed by atoms with Crippen LogP contribution in [0.3, 0.4) is 0 Å². The van der Waals surface area contributed by atoms with Gasteiger partial charge in [-0.05, 0) is 69.6 Å². The van der Waals surface area contributed by atoms with Gasteiger partial charge in [0.25, 0.3) is 5.91 Å². The number of carbonyl (C=O) groups excluding carboxylic acids is 2. The number of aromatic nitrogens is 2. The topological polar surface area (TPSA) is 128 Å². The molecule has 4 rings (SSSR count). The van der Waals surface area contributed by atoms with Gasteiger partial charge in [-0.15, -0.1) is 0 Å². The van der Waals surface area contributed by atoms with Crippen LogP contribution < -0.4 is 10.6 Å². The highest BCUT2D eigenvalue weighted by Crippen LogP contribution is 2.41. The molecule has 0 spiro atoms. The highest BCUT2D eigenvalue weighted by atomic mass is 19.4. The number of nitrogens with zero attached hydrogens (tertiary/aromatic N) is 2. The molecule has 0 saturated heterocycles. The van der Waals surface area contributed by atoms with E-state index in [1.165, 1.54) is 6.07 Å². The molecule has 204 valence electrons. The van der Waals surface area contributed by atoms with Crippen molar-refractivity contribution >= 4 is 17.5 Å². The smallest absolute Gasteiger partial charge is 0.385 e. The summed E-state index contributed by atoms with van der Waals surface area (Å²) in [6, 6.07) is 3.61. The second kappa shape index (κ2) is 11.2. The first-order chi connectivity index (χ1) is 17.9. The van der Waals surface area contributed by atoms with Crippen LogP contribution in [0, 0.1) is 11.3 Å². The van der Waals surface area contributed by atoms with Crippen molar-refractivity contribution in [3.63, 3.8) is 0 Å². The maximum absolute atomic E-state index is 12.9. The molecule has 1 aromatic heterocycles.